The molecule has 23 heavy (non-hydrogen) atoms. The van der Waals surface area contributed by atoms with Gasteiger partial charge in [-0.15, -0.1) is 0 Å². The van der Waals surface area contributed by atoms with Gasteiger partial charge in [-0.3, -0.25) is 9.78 Å². The van der Waals surface area contributed by atoms with E-state index in [2.05, 4.69) is 29.0 Å². The standard InChI is InChI=1S/C19H25N3O/c1-14-6-9-22(10-7-14)13-15(2)21-19(23)17-3-4-18-12-20-8-5-16(18)11-17/h3-5,8,11-12,14-15H,6-7,9-10,13H2,1-2H3,(H,21,23). The fourth-order valence-corrected chi connectivity index (χ4v) is 3.21. The first-order valence-corrected chi connectivity index (χ1v) is 8.49. The van der Waals surface area contributed by atoms with Gasteiger partial charge in [0.15, 0.2) is 0 Å². The van der Waals surface area contributed by atoms with Crippen molar-refractivity contribution in [2.24, 2.45) is 5.92 Å². The van der Waals surface area contributed by atoms with E-state index in [0.29, 0.717) is 5.56 Å². The average molecular weight is 311 g/mol. The topological polar surface area (TPSA) is 45.2 Å². The van der Waals surface area contributed by atoms with Crippen LogP contribution in [0.3, 0.4) is 0 Å². The summed E-state index contributed by atoms with van der Waals surface area (Å²) >= 11 is 0. The van der Waals surface area contributed by atoms with Crippen molar-refractivity contribution in [3.8, 4) is 0 Å². The van der Waals surface area contributed by atoms with Crippen molar-refractivity contribution in [1.82, 2.24) is 15.2 Å². The molecule has 1 fully saturated rings. The molecule has 3 rings (SSSR count). The molecule has 122 valence electrons. The van der Waals surface area contributed by atoms with Crippen LogP contribution in [-0.4, -0.2) is 41.5 Å². The fourth-order valence-electron chi connectivity index (χ4n) is 3.21. The van der Waals surface area contributed by atoms with Crippen LogP contribution in [0.5, 0.6) is 0 Å². The average Bonchev–Trinajstić information content (AvgIpc) is 2.56. The first-order chi connectivity index (χ1) is 11.1. The van der Waals surface area contributed by atoms with Crippen LogP contribution in [0, 0.1) is 5.92 Å². The summed E-state index contributed by atoms with van der Waals surface area (Å²) in [6.07, 6.45) is 6.10. The van der Waals surface area contributed by atoms with Gasteiger partial charge in [0.05, 0.1) is 0 Å². The van der Waals surface area contributed by atoms with Crippen LogP contribution < -0.4 is 5.32 Å². The van der Waals surface area contributed by atoms with E-state index < -0.39 is 0 Å². The second-order valence-electron chi connectivity index (χ2n) is 6.80. The van der Waals surface area contributed by atoms with Gasteiger partial charge in [0.25, 0.3) is 5.91 Å². The second-order valence-corrected chi connectivity index (χ2v) is 6.80. The molecule has 0 aliphatic carbocycles. The van der Waals surface area contributed by atoms with Gasteiger partial charge in [0.2, 0.25) is 0 Å². The van der Waals surface area contributed by atoms with Gasteiger partial charge in [-0.05, 0) is 62.4 Å². The lowest BCUT2D eigenvalue weighted by Crippen LogP contribution is -2.44. The van der Waals surface area contributed by atoms with Crippen LogP contribution in [0.15, 0.2) is 36.7 Å². The highest BCUT2D eigenvalue weighted by Crippen LogP contribution is 2.17. The summed E-state index contributed by atoms with van der Waals surface area (Å²) in [5, 5.41) is 5.22. The lowest BCUT2D eigenvalue weighted by atomic mass is 9.99. The molecule has 0 saturated carbocycles. The third-order valence-electron chi connectivity index (χ3n) is 4.69. The quantitative estimate of drug-likeness (QED) is 0.944. The van der Waals surface area contributed by atoms with E-state index in [-0.39, 0.29) is 11.9 Å². The van der Waals surface area contributed by atoms with Crippen LogP contribution in [0.2, 0.25) is 0 Å². The molecule has 4 heteroatoms. The summed E-state index contributed by atoms with van der Waals surface area (Å²) < 4.78 is 0. The Labute approximate surface area is 137 Å². The maximum atomic E-state index is 12.4. The Morgan fingerprint density at radius 2 is 2.09 bits per heavy atom. The fraction of sp³-hybridized carbons (Fsp3) is 0.474. The van der Waals surface area contributed by atoms with E-state index in [1.807, 2.05) is 30.5 Å². The van der Waals surface area contributed by atoms with Crippen molar-refractivity contribution in [2.75, 3.05) is 19.6 Å². The number of rotatable bonds is 4. The zero-order valence-corrected chi connectivity index (χ0v) is 14.0. The lowest BCUT2D eigenvalue weighted by Gasteiger charge is -2.32. The molecule has 0 bridgehead atoms. The molecule has 1 amide bonds. The minimum Gasteiger partial charge on any atom is -0.348 e. The molecule has 1 aromatic heterocycles. The van der Waals surface area contributed by atoms with E-state index in [9.17, 15) is 4.79 Å². The Morgan fingerprint density at radius 1 is 1.30 bits per heavy atom. The van der Waals surface area contributed by atoms with Crippen LogP contribution in [-0.2, 0) is 0 Å². The second kappa shape index (κ2) is 7.09. The number of hydrogen-bond donors (Lipinski definition) is 1. The first-order valence-electron chi connectivity index (χ1n) is 8.49. The number of carbonyl (C=O) groups is 1. The van der Waals surface area contributed by atoms with Gasteiger partial charge >= 0.3 is 0 Å². The van der Waals surface area contributed by atoms with Crippen molar-refractivity contribution in [2.45, 2.75) is 32.7 Å². The smallest absolute Gasteiger partial charge is 0.251 e. The molecule has 2 heterocycles. The molecular weight excluding hydrogens is 286 g/mol. The number of aromatic nitrogens is 1. The molecule has 1 aliphatic heterocycles. The van der Waals surface area contributed by atoms with Gasteiger partial charge < -0.3 is 10.2 Å². The number of hydrogen-bond acceptors (Lipinski definition) is 3. The normalized spacial score (nSPS) is 18.0. The summed E-state index contributed by atoms with van der Waals surface area (Å²) in [5.41, 5.74) is 0.711. The largest absolute Gasteiger partial charge is 0.348 e. The van der Waals surface area contributed by atoms with E-state index in [0.717, 1.165) is 36.3 Å². The van der Waals surface area contributed by atoms with Gasteiger partial charge in [-0.1, -0.05) is 13.0 Å². The Hall–Kier alpha value is -1.94. The minimum atomic E-state index is 0.00147. The summed E-state index contributed by atoms with van der Waals surface area (Å²) in [6.45, 7) is 7.61. The maximum Gasteiger partial charge on any atom is 0.251 e. The van der Waals surface area contributed by atoms with Crippen LogP contribution in [0.1, 0.15) is 37.0 Å². The van der Waals surface area contributed by atoms with Gasteiger partial charge in [-0.25, -0.2) is 0 Å². The van der Waals surface area contributed by atoms with E-state index in [1.54, 1.807) is 6.20 Å². The summed E-state index contributed by atoms with van der Waals surface area (Å²) in [5.74, 6) is 0.838. The maximum absolute atomic E-state index is 12.4. The Morgan fingerprint density at radius 3 is 2.87 bits per heavy atom. The van der Waals surface area contributed by atoms with E-state index in [1.165, 1.54) is 12.8 Å². The van der Waals surface area contributed by atoms with Crippen LogP contribution in [0.25, 0.3) is 10.8 Å². The van der Waals surface area contributed by atoms with Gasteiger partial charge in [-0.2, -0.15) is 0 Å². The van der Waals surface area contributed by atoms with Crippen molar-refractivity contribution in [3.63, 3.8) is 0 Å². The Bertz CT molecular complexity index is 677. The Kier molecular flexibility index (Phi) is 4.91. The molecule has 0 spiro atoms. The number of nitrogens with zero attached hydrogens (tertiary/aromatic N) is 2. The Balaban J connectivity index is 1.58. The first kappa shape index (κ1) is 15.9. The van der Waals surface area contributed by atoms with Crippen LogP contribution in [0.4, 0.5) is 0 Å². The van der Waals surface area contributed by atoms with Crippen molar-refractivity contribution < 1.29 is 4.79 Å². The zero-order chi connectivity index (χ0) is 16.2. The number of likely N-dealkylation sites (tertiary alicyclic amines) is 1. The molecule has 1 unspecified atom stereocenters. The molecule has 0 radical (unpaired) electrons. The van der Waals surface area contributed by atoms with E-state index >= 15 is 0 Å². The highest BCUT2D eigenvalue weighted by atomic mass is 16.1. The number of fused-ring (bicyclic) bond motifs is 1. The van der Waals surface area contributed by atoms with Crippen molar-refractivity contribution >= 4 is 16.7 Å². The zero-order valence-electron chi connectivity index (χ0n) is 14.0. The SMILES string of the molecule is CC1CCN(CC(C)NC(=O)c2ccc3cnccc3c2)CC1. The molecular formula is C19H25N3O. The predicted octanol–water partition coefficient (Wildman–Crippen LogP) is 3.09. The number of pyridine rings is 1. The highest BCUT2D eigenvalue weighted by Gasteiger charge is 2.18. The van der Waals surface area contributed by atoms with E-state index in [4.69, 9.17) is 0 Å². The number of benzene rings is 1. The molecule has 2 aromatic rings. The number of carbonyl (C=O) groups excluding carboxylic acids is 1. The lowest BCUT2D eigenvalue weighted by molar-refractivity contribution is 0.0921. The number of piperidine rings is 1. The molecule has 1 saturated heterocycles. The highest BCUT2D eigenvalue weighted by molar-refractivity contribution is 5.98. The summed E-state index contributed by atoms with van der Waals surface area (Å²) in [4.78, 5) is 19.0. The summed E-state index contributed by atoms with van der Waals surface area (Å²) in [6, 6.07) is 7.85. The minimum absolute atomic E-state index is 0.00147. The van der Waals surface area contributed by atoms with Gasteiger partial charge in [0.1, 0.15) is 0 Å². The van der Waals surface area contributed by atoms with Crippen molar-refractivity contribution in [1.29, 1.82) is 0 Å². The predicted molar refractivity (Wildman–Crippen MR) is 93.5 cm³/mol. The third-order valence-corrected chi connectivity index (χ3v) is 4.69. The summed E-state index contributed by atoms with van der Waals surface area (Å²) in [7, 11) is 0. The molecule has 4 nitrogen and oxygen atoms in total. The third kappa shape index (κ3) is 4.08. The number of amides is 1. The molecule has 1 aromatic carbocycles. The molecule has 1 N–H and O–H groups in total. The number of nitrogens with one attached hydrogen (secondary N) is 1. The molecule has 1 aliphatic rings. The van der Waals surface area contributed by atoms with Crippen molar-refractivity contribution in [3.05, 3.63) is 42.2 Å². The van der Waals surface area contributed by atoms with Crippen LogP contribution >= 0.6 is 0 Å². The molecule has 1 atom stereocenters. The van der Waals surface area contributed by atoms with Gasteiger partial charge in [0, 0.05) is 35.9 Å². The monoisotopic (exact) mass is 311 g/mol.